The lowest BCUT2D eigenvalue weighted by Crippen LogP contribution is -2.37. The summed E-state index contributed by atoms with van der Waals surface area (Å²) in [6, 6.07) is 0. The molecule has 1 amide bonds. The topological polar surface area (TPSA) is 97.4 Å². The average molecular weight is 247 g/mol. The van der Waals surface area contributed by atoms with Gasteiger partial charge in [-0.3, -0.25) is 0 Å². The number of nitrogens with zero attached hydrogens (tertiary/aromatic N) is 2. The van der Waals surface area contributed by atoms with Crippen LogP contribution < -0.4 is 5.73 Å². The van der Waals surface area contributed by atoms with Gasteiger partial charge >= 0.3 is 6.09 Å². The largest absolute Gasteiger partial charge is 0.449 e. The third kappa shape index (κ3) is 7.40. The molecule has 0 bridgehead atoms. The van der Waals surface area contributed by atoms with E-state index in [1.807, 2.05) is 6.92 Å². The zero-order valence-corrected chi connectivity index (χ0v) is 10.4. The summed E-state index contributed by atoms with van der Waals surface area (Å²) in [6.45, 7) is 3.46. The maximum atomic E-state index is 11.6. The van der Waals surface area contributed by atoms with Gasteiger partial charge in [0.1, 0.15) is 5.84 Å². The van der Waals surface area contributed by atoms with Crippen molar-refractivity contribution in [3.63, 3.8) is 0 Å². The summed E-state index contributed by atoms with van der Waals surface area (Å²) in [7, 11) is 1.55. The highest BCUT2D eigenvalue weighted by molar-refractivity contribution is 5.80. The molecule has 0 aliphatic carbocycles. The van der Waals surface area contributed by atoms with E-state index < -0.39 is 6.09 Å². The molecule has 0 aliphatic rings. The predicted molar refractivity (Wildman–Crippen MR) is 63.1 cm³/mol. The highest BCUT2D eigenvalue weighted by Gasteiger charge is 2.14. The first kappa shape index (κ1) is 15.5. The summed E-state index contributed by atoms with van der Waals surface area (Å²) in [5, 5.41) is 11.3. The Hall–Kier alpha value is -1.50. The average Bonchev–Trinajstić information content (AvgIpc) is 2.35. The number of carbonyl (C=O) groups excluding carboxylic acids is 1. The molecule has 0 rings (SSSR count). The molecule has 0 saturated carbocycles. The number of ether oxygens (including phenoxy) is 2. The Balaban J connectivity index is 4.16. The summed E-state index contributed by atoms with van der Waals surface area (Å²) in [4.78, 5) is 13.1. The zero-order valence-electron chi connectivity index (χ0n) is 10.4. The molecule has 0 heterocycles. The van der Waals surface area contributed by atoms with E-state index in [4.69, 9.17) is 20.4 Å². The van der Waals surface area contributed by atoms with Crippen molar-refractivity contribution in [2.24, 2.45) is 10.9 Å². The van der Waals surface area contributed by atoms with E-state index in [2.05, 4.69) is 5.16 Å². The zero-order chi connectivity index (χ0) is 13.1. The SMILES string of the molecule is CCCOC(=O)N(CCOC)CCC(N)=NO. The summed E-state index contributed by atoms with van der Waals surface area (Å²) < 4.78 is 9.90. The van der Waals surface area contributed by atoms with Crippen LogP contribution in [-0.2, 0) is 9.47 Å². The normalized spacial score (nSPS) is 11.3. The Bertz CT molecular complexity index is 246. The van der Waals surface area contributed by atoms with Crippen molar-refractivity contribution >= 4 is 11.9 Å². The highest BCUT2D eigenvalue weighted by atomic mass is 16.6. The van der Waals surface area contributed by atoms with E-state index in [9.17, 15) is 4.79 Å². The van der Waals surface area contributed by atoms with Gasteiger partial charge in [0.2, 0.25) is 0 Å². The van der Waals surface area contributed by atoms with Gasteiger partial charge in [0, 0.05) is 26.6 Å². The number of hydrogen-bond acceptors (Lipinski definition) is 5. The highest BCUT2D eigenvalue weighted by Crippen LogP contribution is 1.98. The van der Waals surface area contributed by atoms with Gasteiger partial charge in [-0.05, 0) is 6.42 Å². The van der Waals surface area contributed by atoms with E-state index in [1.54, 1.807) is 7.11 Å². The number of methoxy groups -OCH3 is 1. The lowest BCUT2D eigenvalue weighted by Gasteiger charge is -2.21. The van der Waals surface area contributed by atoms with Gasteiger partial charge in [0.15, 0.2) is 0 Å². The van der Waals surface area contributed by atoms with Crippen LogP contribution >= 0.6 is 0 Å². The molecule has 17 heavy (non-hydrogen) atoms. The van der Waals surface area contributed by atoms with Gasteiger partial charge in [-0.15, -0.1) is 0 Å². The van der Waals surface area contributed by atoms with Crippen LogP contribution in [0.5, 0.6) is 0 Å². The van der Waals surface area contributed by atoms with Crippen LogP contribution in [-0.4, -0.2) is 55.4 Å². The van der Waals surface area contributed by atoms with Gasteiger partial charge in [-0.2, -0.15) is 0 Å². The van der Waals surface area contributed by atoms with Gasteiger partial charge in [0.25, 0.3) is 0 Å². The van der Waals surface area contributed by atoms with Gasteiger partial charge in [-0.25, -0.2) is 4.79 Å². The predicted octanol–water partition coefficient (Wildman–Crippen LogP) is 0.618. The van der Waals surface area contributed by atoms with Gasteiger partial charge < -0.3 is 25.3 Å². The smallest absolute Gasteiger partial charge is 0.409 e. The first-order valence-electron chi connectivity index (χ1n) is 5.52. The number of rotatable bonds is 8. The van der Waals surface area contributed by atoms with Gasteiger partial charge in [0.05, 0.1) is 13.2 Å². The molecule has 0 fully saturated rings. The minimum absolute atomic E-state index is 0.0794. The molecule has 0 aromatic carbocycles. The second-order valence-corrected chi connectivity index (χ2v) is 3.44. The second-order valence-electron chi connectivity index (χ2n) is 3.44. The number of oxime groups is 1. The molecule has 0 unspecified atom stereocenters. The Labute approximate surface area is 101 Å². The molecule has 0 aromatic rings. The van der Waals surface area contributed by atoms with Crippen molar-refractivity contribution in [2.45, 2.75) is 19.8 Å². The Morgan fingerprint density at radius 2 is 2.12 bits per heavy atom. The molecule has 0 aliphatic heterocycles. The van der Waals surface area contributed by atoms with Crippen molar-refractivity contribution in [1.82, 2.24) is 4.90 Å². The van der Waals surface area contributed by atoms with E-state index >= 15 is 0 Å². The minimum atomic E-state index is -0.408. The number of amides is 1. The Kier molecular flexibility index (Phi) is 8.85. The van der Waals surface area contributed by atoms with Crippen molar-refractivity contribution in [1.29, 1.82) is 0 Å². The number of nitrogens with two attached hydrogens (primary N) is 1. The molecule has 7 nitrogen and oxygen atoms in total. The Morgan fingerprint density at radius 3 is 2.65 bits per heavy atom. The molecule has 0 atom stereocenters. The summed E-state index contributed by atoms with van der Waals surface area (Å²) in [5.41, 5.74) is 5.34. The summed E-state index contributed by atoms with van der Waals surface area (Å²) in [5.74, 6) is 0.0794. The molecule has 0 spiro atoms. The first-order chi connectivity index (χ1) is 8.15. The molecule has 0 radical (unpaired) electrons. The quantitative estimate of drug-likeness (QED) is 0.283. The minimum Gasteiger partial charge on any atom is -0.449 e. The molecule has 100 valence electrons. The molecule has 0 saturated heterocycles. The molecule has 7 heteroatoms. The van der Waals surface area contributed by atoms with Crippen molar-refractivity contribution in [3.05, 3.63) is 0 Å². The number of carbonyl (C=O) groups is 1. The van der Waals surface area contributed by atoms with E-state index in [0.717, 1.165) is 6.42 Å². The number of amidine groups is 1. The van der Waals surface area contributed by atoms with Crippen LogP contribution in [0.25, 0.3) is 0 Å². The fourth-order valence-corrected chi connectivity index (χ4v) is 1.08. The van der Waals surface area contributed by atoms with Crippen LogP contribution in [0, 0.1) is 0 Å². The van der Waals surface area contributed by atoms with Crippen LogP contribution in [0.1, 0.15) is 19.8 Å². The van der Waals surface area contributed by atoms with Crippen molar-refractivity contribution < 1.29 is 19.5 Å². The van der Waals surface area contributed by atoms with Crippen LogP contribution in [0.2, 0.25) is 0 Å². The maximum absolute atomic E-state index is 11.6. The van der Waals surface area contributed by atoms with Crippen molar-refractivity contribution in [3.8, 4) is 0 Å². The van der Waals surface area contributed by atoms with E-state index in [-0.39, 0.29) is 5.84 Å². The molecule has 0 aromatic heterocycles. The van der Waals surface area contributed by atoms with Crippen LogP contribution in [0.4, 0.5) is 4.79 Å². The first-order valence-corrected chi connectivity index (χ1v) is 5.52. The molecular formula is C10H21N3O4. The third-order valence-electron chi connectivity index (χ3n) is 2.02. The standard InChI is InChI=1S/C10H21N3O4/c1-3-7-17-10(14)13(6-8-16-2)5-4-9(11)12-15/h15H,3-8H2,1-2H3,(H2,11,12). The lowest BCUT2D eigenvalue weighted by atomic mass is 10.3. The van der Waals surface area contributed by atoms with Crippen LogP contribution in [0.3, 0.4) is 0 Å². The molecular weight excluding hydrogens is 226 g/mol. The second kappa shape index (κ2) is 9.71. The fraction of sp³-hybridized carbons (Fsp3) is 0.800. The summed E-state index contributed by atoms with van der Waals surface area (Å²) in [6.07, 6.45) is 0.653. The van der Waals surface area contributed by atoms with Crippen LogP contribution in [0.15, 0.2) is 5.16 Å². The Morgan fingerprint density at radius 1 is 1.41 bits per heavy atom. The van der Waals surface area contributed by atoms with E-state index in [0.29, 0.717) is 32.7 Å². The maximum Gasteiger partial charge on any atom is 0.409 e. The third-order valence-corrected chi connectivity index (χ3v) is 2.02. The number of hydrogen-bond donors (Lipinski definition) is 2. The van der Waals surface area contributed by atoms with Crippen molar-refractivity contribution in [2.75, 3.05) is 33.4 Å². The lowest BCUT2D eigenvalue weighted by molar-refractivity contribution is 0.0884. The monoisotopic (exact) mass is 247 g/mol. The fourth-order valence-electron chi connectivity index (χ4n) is 1.08. The summed E-state index contributed by atoms with van der Waals surface area (Å²) >= 11 is 0. The van der Waals surface area contributed by atoms with E-state index in [1.165, 1.54) is 4.90 Å². The molecule has 3 N–H and O–H groups in total. The van der Waals surface area contributed by atoms with Gasteiger partial charge in [-0.1, -0.05) is 12.1 Å².